The van der Waals surface area contributed by atoms with Crippen LogP contribution in [0, 0.1) is 11.8 Å². The minimum Gasteiger partial charge on any atom is -0.460 e. The summed E-state index contributed by atoms with van der Waals surface area (Å²) in [6.07, 6.45) is 0.669. The van der Waals surface area contributed by atoms with Gasteiger partial charge in [0.05, 0.1) is 5.92 Å². The first-order valence-electron chi connectivity index (χ1n) is 11.1. The van der Waals surface area contributed by atoms with Crippen molar-refractivity contribution in [1.82, 2.24) is 4.90 Å². The van der Waals surface area contributed by atoms with Gasteiger partial charge in [0.2, 0.25) is 0 Å². The molecule has 29 heavy (non-hydrogen) atoms. The Kier molecular flexibility index (Phi) is 6.38. The number of benzene rings is 1. The molecule has 2 N–H and O–H groups in total. The summed E-state index contributed by atoms with van der Waals surface area (Å²) in [6, 6.07) is 6.92. The van der Waals surface area contributed by atoms with Gasteiger partial charge < -0.3 is 20.1 Å². The molecular weight excluding hydrogens is 368 g/mol. The molecule has 6 nitrogen and oxygen atoms in total. The van der Waals surface area contributed by atoms with Crippen molar-refractivity contribution in [3.8, 4) is 0 Å². The molecule has 1 saturated heterocycles. The summed E-state index contributed by atoms with van der Waals surface area (Å²) >= 11 is 0. The maximum absolute atomic E-state index is 13.1. The normalized spacial score (nSPS) is 20.0. The third-order valence-corrected chi connectivity index (χ3v) is 4.70. The lowest BCUT2D eigenvalue weighted by Gasteiger charge is -2.28. The van der Waals surface area contributed by atoms with Gasteiger partial charge in [-0.2, -0.15) is 0 Å². The van der Waals surface area contributed by atoms with Crippen LogP contribution in [0.4, 0.5) is 4.79 Å². The summed E-state index contributed by atoms with van der Waals surface area (Å²) in [4.78, 5) is 27.2. The van der Waals surface area contributed by atoms with Crippen molar-refractivity contribution in [3.63, 3.8) is 0 Å². The smallest absolute Gasteiger partial charge is 0.410 e. The third-order valence-electron chi connectivity index (χ3n) is 4.70. The van der Waals surface area contributed by atoms with Gasteiger partial charge in [-0.05, 0) is 71.4 Å². The molecule has 1 amide bonds. The number of nitrogens with two attached hydrogens (primary N) is 1. The second-order valence-corrected chi connectivity index (χ2v) is 9.66. The second-order valence-electron chi connectivity index (χ2n) is 9.66. The van der Waals surface area contributed by atoms with Gasteiger partial charge in [0.25, 0.3) is 0 Å². The minimum absolute atomic E-state index is 0.0827. The highest BCUT2D eigenvalue weighted by Gasteiger charge is 2.39. The quantitative estimate of drug-likeness (QED) is 0.750. The molecule has 0 spiro atoms. The maximum atomic E-state index is 13.1. The van der Waals surface area contributed by atoms with E-state index in [1.165, 1.54) is 0 Å². The summed E-state index contributed by atoms with van der Waals surface area (Å²) in [5.74, 6) is -0.865. The molecule has 6 heteroatoms. The van der Waals surface area contributed by atoms with E-state index in [2.05, 4.69) is 0 Å². The molecule has 1 aromatic carbocycles. The van der Waals surface area contributed by atoms with Crippen molar-refractivity contribution < 1.29 is 21.8 Å². The lowest BCUT2D eigenvalue weighted by atomic mass is 9.85. The molecule has 0 aliphatic carbocycles. The molecule has 0 radical (unpaired) electrons. The van der Waals surface area contributed by atoms with Crippen LogP contribution in [0.25, 0.3) is 0 Å². The Labute approximate surface area is 177 Å². The molecule has 1 aromatic rings. The van der Waals surface area contributed by atoms with E-state index in [0.717, 1.165) is 5.56 Å². The second kappa shape index (κ2) is 9.16. The maximum Gasteiger partial charge on any atom is 0.410 e. The average Bonchev–Trinajstić information content (AvgIpc) is 3.06. The molecular formula is C23H36N2O4. The predicted molar refractivity (Wildman–Crippen MR) is 113 cm³/mol. The van der Waals surface area contributed by atoms with Crippen LogP contribution in [0.1, 0.15) is 61.8 Å². The van der Waals surface area contributed by atoms with Crippen molar-refractivity contribution in [2.45, 2.75) is 72.1 Å². The standard InChI is InChI=1S/C23H36N2O4/c1-22(2,3)28-20(26)19(13-16-8-7-9-17(12-16)14-24)18-10-11-25(15-18)21(27)29-23(4,5)6/h7-9,12,18-19H,10-11,13-15,24H2,1-6H3/t18-,19-/m0/s1/i14D2. The first-order valence-corrected chi connectivity index (χ1v) is 10.1. The highest BCUT2D eigenvalue weighted by Crippen LogP contribution is 2.30. The van der Waals surface area contributed by atoms with E-state index >= 15 is 0 Å². The number of ether oxygens (including phenoxy) is 2. The van der Waals surface area contributed by atoms with Crippen LogP contribution in [-0.4, -0.2) is 41.3 Å². The Bertz CT molecular complexity index is 794. The lowest BCUT2D eigenvalue weighted by Crippen LogP contribution is -2.38. The molecule has 162 valence electrons. The van der Waals surface area contributed by atoms with E-state index in [1.54, 1.807) is 23.1 Å². The lowest BCUT2D eigenvalue weighted by molar-refractivity contribution is -0.161. The number of carbonyl (C=O) groups excluding carboxylic acids is 2. The van der Waals surface area contributed by atoms with Crippen LogP contribution in [0.2, 0.25) is 0 Å². The number of likely N-dealkylation sites (tertiary alicyclic amines) is 1. The number of carbonyl (C=O) groups is 2. The van der Waals surface area contributed by atoms with E-state index in [0.29, 0.717) is 31.5 Å². The van der Waals surface area contributed by atoms with Gasteiger partial charge in [-0.3, -0.25) is 4.79 Å². The van der Waals surface area contributed by atoms with Crippen LogP contribution < -0.4 is 5.73 Å². The van der Waals surface area contributed by atoms with E-state index < -0.39 is 23.6 Å². The van der Waals surface area contributed by atoms with Crippen LogP contribution >= 0.6 is 0 Å². The third kappa shape index (κ3) is 7.35. The summed E-state index contributed by atoms with van der Waals surface area (Å²) in [7, 11) is 0. The first-order chi connectivity index (χ1) is 14.0. The van der Waals surface area contributed by atoms with Crippen molar-refractivity contribution in [2.75, 3.05) is 13.1 Å². The van der Waals surface area contributed by atoms with E-state index in [4.69, 9.17) is 17.9 Å². The van der Waals surface area contributed by atoms with Gasteiger partial charge in [-0.25, -0.2) is 4.79 Å². The summed E-state index contributed by atoms with van der Waals surface area (Å²) in [5.41, 5.74) is 5.56. The molecule has 0 aromatic heterocycles. The van der Waals surface area contributed by atoms with Gasteiger partial charge in [0.1, 0.15) is 11.2 Å². The SMILES string of the molecule is [2H]C([2H])(N)c1cccc(C[C@H](C(=O)OC(C)(C)C)[C@H]2CCN(C(=O)OC(C)(C)C)C2)c1. The topological polar surface area (TPSA) is 81.9 Å². The number of hydrogen-bond donors (Lipinski definition) is 1. The van der Waals surface area contributed by atoms with Crippen LogP contribution in [0.15, 0.2) is 24.3 Å². The van der Waals surface area contributed by atoms with Crippen molar-refractivity contribution in [2.24, 2.45) is 17.6 Å². The fourth-order valence-electron chi connectivity index (χ4n) is 3.47. The van der Waals surface area contributed by atoms with Crippen molar-refractivity contribution >= 4 is 12.1 Å². The largest absolute Gasteiger partial charge is 0.460 e. The monoisotopic (exact) mass is 406 g/mol. The fraction of sp³-hybridized carbons (Fsp3) is 0.652. The number of amides is 1. The van der Waals surface area contributed by atoms with Crippen LogP contribution in [0.3, 0.4) is 0 Å². The van der Waals surface area contributed by atoms with Gasteiger partial charge in [-0.1, -0.05) is 24.3 Å². The van der Waals surface area contributed by atoms with Crippen molar-refractivity contribution in [3.05, 3.63) is 35.4 Å². The van der Waals surface area contributed by atoms with Crippen LogP contribution in [0.5, 0.6) is 0 Å². The van der Waals surface area contributed by atoms with Gasteiger partial charge >= 0.3 is 12.1 Å². The molecule has 1 heterocycles. The number of rotatable bonds is 5. The molecule has 1 aliphatic rings. The number of hydrogen-bond acceptors (Lipinski definition) is 5. The Morgan fingerprint density at radius 3 is 2.38 bits per heavy atom. The summed E-state index contributed by atoms with van der Waals surface area (Å²) < 4.78 is 26.7. The number of nitrogens with zero attached hydrogens (tertiary/aromatic N) is 1. The van der Waals surface area contributed by atoms with Crippen LogP contribution in [-0.2, 0) is 27.2 Å². The predicted octanol–water partition coefficient (Wildman–Crippen LogP) is 3.90. The molecule has 0 unspecified atom stereocenters. The molecule has 0 bridgehead atoms. The van der Waals surface area contributed by atoms with Gasteiger partial charge in [-0.15, -0.1) is 0 Å². The summed E-state index contributed by atoms with van der Waals surface area (Å²) in [5, 5.41) is 0. The molecule has 1 fully saturated rings. The highest BCUT2D eigenvalue weighted by atomic mass is 16.6. The van der Waals surface area contributed by atoms with E-state index in [-0.39, 0.29) is 18.0 Å². The molecule has 1 aliphatic heterocycles. The molecule has 2 rings (SSSR count). The Hall–Kier alpha value is -2.08. The van der Waals surface area contributed by atoms with Gasteiger partial charge in [0, 0.05) is 22.3 Å². The zero-order valence-electron chi connectivity index (χ0n) is 20.5. The number of esters is 1. The van der Waals surface area contributed by atoms with Gasteiger partial charge in [0.15, 0.2) is 0 Å². The Morgan fingerprint density at radius 2 is 1.79 bits per heavy atom. The minimum atomic E-state index is -1.96. The average molecular weight is 407 g/mol. The van der Waals surface area contributed by atoms with E-state index in [1.807, 2.05) is 47.6 Å². The Balaban J connectivity index is 2.22. The first kappa shape index (κ1) is 20.2. The molecule has 0 saturated carbocycles. The fourth-order valence-corrected chi connectivity index (χ4v) is 3.47. The summed E-state index contributed by atoms with van der Waals surface area (Å²) in [6.45, 7) is 9.92. The highest BCUT2D eigenvalue weighted by molar-refractivity contribution is 5.74. The Morgan fingerprint density at radius 1 is 1.17 bits per heavy atom. The van der Waals surface area contributed by atoms with Crippen molar-refractivity contribution in [1.29, 1.82) is 0 Å². The zero-order valence-corrected chi connectivity index (χ0v) is 18.5. The molecule has 2 atom stereocenters. The van der Waals surface area contributed by atoms with E-state index in [9.17, 15) is 9.59 Å². The zero-order chi connectivity index (χ0) is 23.6.